The lowest BCUT2D eigenvalue weighted by Gasteiger charge is -2.17. The molecule has 6 nitrogen and oxygen atoms in total. The van der Waals surface area contributed by atoms with E-state index in [4.69, 9.17) is 34.8 Å². The number of nitrogens with zero attached hydrogens (tertiary/aromatic N) is 2. The van der Waals surface area contributed by atoms with Gasteiger partial charge in [0, 0.05) is 4.92 Å². The van der Waals surface area contributed by atoms with Gasteiger partial charge in [0.05, 0.1) is 22.5 Å². The van der Waals surface area contributed by atoms with Crippen molar-refractivity contribution in [3.05, 3.63) is 42.1 Å². The highest BCUT2D eigenvalue weighted by Gasteiger charge is 2.46. The molecule has 9 heteroatoms. The molecule has 1 rings (SSSR count). The van der Waals surface area contributed by atoms with Gasteiger partial charge in [-0.1, -0.05) is 23.2 Å². The lowest BCUT2D eigenvalue weighted by atomic mass is 10.1. The monoisotopic (exact) mass is 272 g/mol. The number of rotatable bonds is 2. The van der Waals surface area contributed by atoms with Crippen LogP contribution in [0.15, 0.2) is 21.8 Å². The summed E-state index contributed by atoms with van der Waals surface area (Å²) in [6, 6.07) is 0. The molecule has 1 atom stereocenters. The van der Waals surface area contributed by atoms with Crippen LogP contribution in [-0.2, 0) is 0 Å². The van der Waals surface area contributed by atoms with E-state index in [9.17, 15) is 20.2 Å². The van der Waals surface area contributed by atoms with Crippen LogP contribution in [0.5, 0.6) is 0 Å². The predicted octanol–water partition coefficient (Wildman–Crippen LogP) is 2.45. The molecular formula is C6H3Cl3N2O4. The number of hydrogen-bond acceptors (Lipinski definition) is 4. The van der Waals surface area contributed by atoms with Crippen LogP contribution in [0.25, 0.3) is 0 Å². The van der Waals surface area contributed by atoms with Crippen LogP contribution in [-0.4, -0.2) is 14.8 Å². The van der Waals surface area contributed by atoms with Crippen molar-refractivity contribution < 1.29 is 9.85 Å². The van der Waals surface area contributed by atoms with Gasteiger partial charge in [0.25, 0.3) is 5.70 Å². The number of halogens is 3. The zero-order valence-electron chi connectivity index (χ0n) is 6.95. The van der Waals surface area contributed by atoms with Crippen molar-refractivity contribution in [2.75, 3.05) is 0 Å². The Morgan fingerprint density at radius 2 is 1.87 bits per heavy atom. The Hall–Kier alpha value is -0.850. The topological polar surface area (TPSA) is 86.3 Å². The Bertz CT molecular complexity index is 405. The van der Waals surface area contributed by atoms with Gasteiger partial charge < -0.3 is 0 Å². The third-order valence-corrected chi connectivity index (χ3v) is 2.95. The normalized spacial score (nSPS) is 26.2. The fourth-order valence-electron chi connectivity index (χ4n) is 1.01. The Balaban J connectivity index is 3.27. The first-order chi connectivity index (χ1) is 6.78. The minimum absolute atomic E-state index is 0.197. The summed E-state index contributed by atoms with van der Waals surface area (Å²) in [4.78, 5) is 17.3. The molecule has 0 bridgehead atoms. The first-order valence-corrected chi connectivity index (χ1v) is 4.66. The minimum atomic E-state index is -2.10. The number of hydrogen-bond donors (Lipinski definition) is 0. The summed E-state index contributed by atoms with van der Waals surface area (Å²) in [7, 11) is 0. The Morgan fingerprint density at radius 1 is 1.33 bits per heavy atom. The minimum Gasteiger partial charge on any atom is -0.262 e. The SMILES string of the molecule is O=[N+]([O-])C1=CC(Cl)([N+](=O)[O-])CC(Cl)=C1Cl. The van der Waals surface area contributed by atoms with Crippen molar-refractivity contribution in [3.8, 4) is 0 Å². The standard InChI is InChI=1S/C6H3Cl3N2O4/c7-3-1-6(9,11(14)15)2-4(5(3)8)10(12)13/h2H,1H2. The fraction of sp³-hybridized carbons (Fsp3) is 0.333. The number of alkyl halides is 1. The molecule has 0 amide bonds. The molecule has 0 aromatic rings. The van der Waals surface area contributed by atoms with Crippen LogP contribution >= 0.6 is 34.8 Å². The van der Waals surface area contributed by atoms with Crippen LogP contribution in [0.1, 0.15) is 6.42 Å². The van der Waals surface area contributed by atoms with E-state index in [-0.39, 0.29) is 16.5 Å². The van der Waals surface area contributed by atoms with Crippen molar-refractivity contribution in [1.82, 2.24) is 0 Å². The van der Waals surface area contributed by atoms with Crippen molar-refractivity contribution in [2.45, 2.75) is 11.4 Å². The Labute approximate surface area is 98.4 Å². The molecule has 0 spiro atoms. The summed E-state index contributed by atoms with van der Waals surface area (Å²) < 4.78 is 0. The maximum Gasteiger partial charge on any atom is 0.325 e. The zero-order valence-corrected chi connectivity index (χ0v) is 9.21. The molecule has 0 aliphatic heterocycles. The van der Waals surface area contributed by atoms with E-state index in [0.29, 0.717) is 6.08 Å². The lowest BCUT2D eigenvalue weighted by molar-refractivity contribution is -0.530. The van der Waals surface area contributed by atoms with Gasteiger partial charge in [0.2, 0.25) is 0 Å². The van der Waals surface area contributed by atoms with Crippen molar-refractivity contribution in [3.63, 3.8) is 0 Å². The third kappa shape index (κ3) is 2.22. The van der Waals surface area contributed by atoms with Crippen molar-refractivity contribution in [2.24, 2.45) is 0 Å². The van der Waals surface area contributed by atoms with E-state index in [1.807, 2.05) is 0 Å². The van der Waals surface area contributed by atoms with Crippen LogP contribution in [0.4, 0.5) is 0 Å². The highest BCUT2D eigenvalue weighted by Crippen LogP contribution is 2.39. The second kappa shape index (κ2) is 3.96. The summed E-state index contributed by atoms with van der Waals surface area (Å²) in [6.45, 7) is 0. The van der Waals surface area contributed by atoms with E-state index < -0.39 is 20.5 Å². The summed E-state index contributed by atoms with van der Waals surface area (Å²) in [5, 5.41) is 20.6. The van der Waals surface area contributed by atoms with Crippen LogP contribution < -0.4 is 0 Å². The molecule has 0 saturated heterocycles. The van der Waals surface area contributed by atoms with E-state index in [1.165, 1.54) is 0 Å². The summed E-state index contributed by atoms with van der Waals surface area (Å²) >= 11 is 16.6. The average molecular weight is 273 g/mol. The van der Waals surface area contributed by atoms with Crippen LogP contribution in [0.3, 0.4) is 0 Å². The molecule has 82 valence electrons. The van der Waals surface area contributed by atoms with Gasteiger partial charge in [0.15, 0.2) is 0 Å². The van der Waals surface area contributed by atoms with E-state index in [0.717, 1.165) is 0 Å². The van der Waals surface area contributed by atoms with E-state index >= 15 is 0 Å². The molecular weight excluding hydrogens is 270 g/mol. The second-order valence-electron chi connectivity index (χ2n) is 2.76. The molecule has 1 aliphatic rings. The van der Waals surface area contributed by atoms with Gasteiger partial charge in [-0.15, -0.1) is 0 Å². The Kier molecular flexibility index (Phi) is 3.22. The molecule has 0 heterocycles. The van der Waals surface area contributed by atoms with Crippen molar-refractivity contribution >= 4 is 34.8 Å². The molecule has 0 fully saturated rings. The Morgan fingerprint density at radius 3 is 2.27 bits per heavy atom. The van der Waals surface area contributed by atoms with Gasteiger partial charge >= 0.3 is 5.00 Å². The largest absolute Gasteiger partial charge is 0.325 e. The van der Waals surface area contributed by atoms with Gasteiger partial charge in [-0.3, -0.25) is 20.2 Å². The highest BCUT2D eigenvalue weighted by atomic mass is 35.5. The molecule has 0 aromatic heterocycles. The lowest BCUT2D eigenvalue weighted by Crippen LogP contribution is -2.33. The summed E-state index contributed by atoms with van der Waals surface area (Å²) in [5.41, 5.74) is -0.653. The summed E-state index contributed by atoms with van der Waals surface area (Å²) in [6.07, 6.45) is 0.308. The molecule has 0 N–H and O–H groups in total. The van der Waals surface area contributed by atoms with Crippen LogP contribution in [0, 0.1) is 20.2 Å². The van der Waals surface area contributed by atoms with E-state index in [2.05, 4.69) is 0 Å². The van der Waals surface area contributed by atoms with E-state index in [1.54, 1.807) is 0 Å². The maximum atomic E-state index is 10.6. The highest BCUT2D eigenvalue weighted by molar-refractivity contribution is 6.41. The fourth-order valence-corrected chi connectivity index (χ4v) is 1.80. The molecule has 15 heavy (non-hydrogen) atoms. The number of nitro groups is 2. The molecule has 0 aromatic carbocycles. The summed E-state index contributed by atoms with van der Waals surface area (Å²) in [5.74, 6) is 0. The third-order valence-electron chi connectivity index (χ3n) is 1.72. The zero-order chi connectivity index (χ0) is 11.8. The second-order valence-corrected chi connectivity index (χ2v) is 4.25. The van der Waals surface area contributed by atoms with Gasteiger partial charge in [0.1, 0.15) is 5.03 Å². The predicted molar refractivity (Wildman–Crippen MR) is 54.0 cm³/mol. The first kappa shape index (κ1) is 12.2. The van der Waals surface area contributed by atoms with Gasteiger partial charge in [-0.2, -0.15) is 0 Å². The van der Waals surface area contributed by atoms with Crippen LogP contribution in [0.2, 0.25) is 0 Å². The van der Waals surface area contributed by atoms with Gasteiger partial charge in [-0.25, -0.2) is 0 Å². The molecule has 1 unspecified atom stereocenters. The smallest absolute Gasteiger partial charge is 0.262 e. The average Bonchev–Trinajstić information content (AvgIpc) is 2.10. The maximum absolute atomic E-state index is 10.6. The molecule has 1 aliphatic carbocycles. The quantitative estimate of drug-likeness (QED) is 0.335. The molecule has 0 saturated carbocycles. The molecule has 0 radical (unpaired) electrons. The first-order valence-electron chi connectivity index (χ1n) is 3.53. The van der Waals surface area contributed by atoms with Gasteiger partial charge in [-0.05, 0) is 11.6 Å². The number of allylic oxidation sites excluding steroid dienone is 1. The van der Waals surface area contributed by atoms with Crippen molar-refractivity contribution in [1.29, 1.82) is 0 Å².